The van der Waals surface area contributed by atoms with E-state index < -0.39 is 0 Å². The Balaban J connectivity index is 1.88. The van der Waals surface area contributed by atoms with E-state index in [4.69, 9.17) is 5.73 Å². The minimum absolute atomic E-state index is 0.641. The standard InChI is InChI=1S/C16H25N3/c1-13-5-2-6-14(11-17)16(13)19-10-4-9-18-8-3-7-15(18)12-19/h2,5-6,15H,3-4,7-12,17H2,1H3. The molecule has 0 bridgehead atoms. The lowest BCUT2D eigenvalue weighted by atomic mass is 10.1. The number of fused-ring (bicyclic) bond motifs is 1. The highest BCUT2D eigenvalue weighted by atomic mass is 15.3. The van der Waals surface area contributed by atoms with Crippen LogP contribution in [0.1, 0.15) is 30.4 Å². The van der Waals surface area contributed by atoms with E-state index in [0.29, 0.717) is 6.54 Å². The Bertz CT molecular complexity index is 444. The van der Waals surface area contributed by atoms with Crippen molar-refractivity contribution in [1.82, 2.24) is 4.90 Å². The van der Waals surface area contributed by atoms with Crippen LogP contribution in [0, 0.1) is 6.92 Å². The van der Waals surface area contributed by atoms with Crippen LogP contribution < -0.4 is 10.6 Å². The fraction of sp³-hybridized carbons (Fsp3) is 0.625. The van der Waals surface area contributed by atoms with Gasteiger partial charge >= 0.3 is 0 Å². The van der Waals surface area contributed by atoms with Gasteiger partial charge in [0.25, 0.3) is 0 Å². The summed E-state index contributed by atoms with van der Waals surface area (Å²) >= 11 is 0. The number of anilines is 1. The number of benzene rings is 1. The summed E-state index contributed by atoms with van der Waals surface area (Å²) in [6.45, 7) is 7.78. The molecule has 2 aliphatic rings. The van der Waals surface area contributed by atoms with Crippen LogP contribution in [-0.4, -0.2) is 37.1 Å². The number of hydrogen-bond donors (Lipinski definition) is 1. The second-order valence-corrected chi connectivity index (χ2v) is 5.92. The van der Waals surface area contributed by atoms with Crippen molar-refractivity contribution in [3.63, 3.8) is 0 Å². The summed E-state index contributed by atoms with van der Waals surface area (Å²) in [5.74, 6) is 0. The van der Waals surface area contributed by atoms with Crippen molar-refractivity contribution < 1.29 is 0 Å². The molecule has 0 spiro atoms. The van der Waals surface area contributed by atoms with Crippen LogP contribution in [0.3, 0.4) is 0 Å². The van der Waals surface area contributed by atoms with Gasteiger partial charge in [-0.15, -0.1) is 0 Å². The van der Waals surface area contributed by atoms with E-state index in [1.807, 2.05) is 0 Å². The van der Waals surface area contributed by atoms with Crippen LogP contribution in [0.4, 0.5) is 5.69 Å². The van der Waals surface area contributed by atoms with Gasteiger partial charge in [-0.05, 0) is 43.9 Å². The summed E-state index contributed by atoms with van der Waals surface area (Å²) < 4.78 is 0. The Kier molecular flexibility index (Phi) is 3.76. The summed E-state index contributed by atoms with van der Waals surface area (Å²) in [4.78, 5) is 5.27. The molecule has 0 aliphatic carbocycles. The third-order valence-electron chi connectivity index (χ3n) is 4.66. The molecule has 2 saturated heterocycles. The molecular formula is C16H25N3. The number of nitrogens with two attached hydrogens (primary N) is 1. The van der Waals surface area contributed by atoms with Crippen LogP contribution >= 0.6 is 0 Å². The zero-order valence-corrected chi connectivity index (χ0v) is 11.9. The molecular weight excluding hydrogens is 234 g/mol. The van der Waals surface area contributed by atoms with Crippen molar-refractivity contribution in [3.8, 4) is 0 Å². The third kappa shape index (κ3) is 2.49. The Morgan fingerprint density at radius 1 is 1.21 bits per heavy atom. The average molecular weight is 259 g/mol. The molecule has 2 N–H and O–H groups in total. The van der Waals surface area contributed by atoms with Gasteiger partial charge in [0.15, 0.2) is 0 Å². The first-order valence-electron chi connectivity index (χ1n) is 7.57. The summed E-state index contributed by atoms with van der Waals surface area (Å²) in [7, 11) is 0. The molecule has 19 heavy (non-hydrogen) atoms. The summed E-state index contributed by atoms with van der Waals surface area (Å²) in [6, 6.07) is 7.28. The number of nitrogens with zero attached hydrogens (tertiary/aromatic N) is 2. The molecule has 0 aromatic heterocycles. The quantitative estimate of drug-likeness (QED) is 0.883. The molecule has 1 atom stereocenters. The topological polar surface area (TPSA) is 32.5 Å². The van der Waals surface area contributed by atoms with Gasteiger partial charge in [-0.1, -0.05) is 18.2 Å². The highest BCUT2D eigenvalue weighted by Crippen LogP contribution is 2.29. The Hall–Kier alpha value is -1.06. The molecule has 3 heteroatoms. The van der Waals surface area contributed by atoms with Gasteiger partial charge in [-0.25, -0.2) is 0 Å². The van der Waals surface area contributed by atoms with E-state index in [-0.39, 0.29) is 0 Å². The fourth-order valence-corrected chi connectivity index (χ4v) is 3.75. The minimum atomic E-state index is 0.641. The third-order valence-corrected chi connectivity index (χ3v) is 4.66. The molecule has 3 nitrogen and oxygen atoms in total. The molecule has 2 heterocycles. The van der Waals surface area contributed by atoms with Gasteiger partial charge in [0, 0.05) is 37.9 Å². The van der Waals surface area contributed by atoms with Gasteiger partial charge in [0.2, 0.25) is 0 Å². The Labute approximate surface area is 116 Å². The van der Waals surface area contributed by atoms with Gasteiger partial charge in [0.05, 0.1) is 0 Å². The maximum Gasteiger partial charge on any atom is 0.0442 e. The van der Waals surface area contributed by atoms with Crippen molar-refractivity contribution in [1.29, 1.82) is 0 Å². The van der Waals surface area contributed by atoms with Crippen molar-refractivity contribution in [2.45, 2.75) is 38.8 Å². The van der Waals surface area contributed by atoms with Crippen LogP contribution in [0.5, 0.6) is 0 Å². The molecule has 0 saturated carbocycles. The van der Waals surface area contributed by atoms with Crippen molar-refractivity contribution in [2.75, 3.05) is 31.1 Å². The summed E-state index contributed by atoms with van der Waals surface area (Å²) in [5.41, 5.74) is 10.0. The number of aryl methyl sites for hydroxylation is 1. The zero-order valence-electron chi connectivity index (χ0n) is 11.9. The summed E-state index contributed by atoms with van der Waals surface area (Å²) in [6.07, 6.45) is 4.01. The van der Waals surface area contributed by atoms with Gasteiger partial charge < -0.3 is 10.6 Å². The first-order chi connectivity index (χ1) is 9.29. The minimum Gasteiger partial charge on any atom is -0.369 e. The van der Waals surface area contributed by atoms with E-state index >= 15 is 0 Å². The molecule has 104 valence electrons. The number of rotatable bonds is 2. The van der Waals surface area contributed by atoms with Gasteiger partial charge in [-0.2, -0.15) is 0 Å². The molecule has 1 aromatic rings. The smallest absolute Gasteiger partial charge is 0.0442 e. The monoisotopic (exact) mass is 259 g/mol. The molecule has 0 amide bonds. The fourth-order valence-electron chi connectivity index (χ4n) is 3.75. The van der Waals surface area contributed by atoms with Crippen molar-refractivity contribution in [2.24, 2.45) is 5.73 Å². The Morgan fingerprint density at radius 2 is 2.05 bits per heavy atom. The van der Waals surface area contributed by atoms with Crippen LogP contribution in [0.15, 0.2) is 18.2 Å². The molecule has 1 unspecified atom stereocenters. The zero-order chi connectivity index (χ0) is 13.2. The van der Waals surface area contributed by atoms with E-state index in [1.165, 1.54) is 62.3 Å². The van der Waals surface area contributed by atoms with Crippen LogP contribution in [0.25, 0.3) is 0 Å². The average Bonchev–Trinajstić information content (AvgIpc) is 2.76. The second-order valence-electron chi connectivity index (χ2n) is 5.92. The molecule has 2 fully saturated rings. The van der Waals surface area contributed by atoms with Crippen LogP contribution in [-0.2, 0) is 6.54 Å². The number of hydrogen-bond acceptors (Lipinski definition) is 3. The lowest BCUT2D eigenvalue weighted by Gasteiger charge is -2.30. The van der Waals surface area contributed by atoms with E-state index in [0.717, 1.165) is 6.04 Å². The van der Waals surface area contributed by atoms with Gasteiger partial charge in [0.1, 0.15) is 0 Å². The highest BCUT2D eigenvalue weighted by Gasteiger charge is 2.29. The molecule has 0 radical (unpaired) electrons. The van der Waals surface area contributed by atoms with Gasteiger partial charge in [-0.3, -0.25) is 4.90 Å². The first kappa shape index (κ1) is 12.9. The molecule has 1 aromatic carbocycles. The lowest BCUT2D eigenvalue weighted by Crippen LogP contribution is -2.37. The lowest BCUT2D eigenvalue weighted by molar-refractivity contribution is 0.273. The second kappa shape index (κ2) is 5.51. The normalized spacial score (nSPS) is 24.3. The SMILES string of the molecule is Cc1cccc(CN)c1N1CCCN2CCCC2C1. The maximum absolute atomic E-state index is 5.93. The predicted octanol–water partition coefficient (Wildman–Crippen LogP) is 2.13. The van der Waals surface area contributed by atoms with Crippen LogP contribution in [0.2, 0.25) is 0 Å². The van der Waals surface area contributed by atoms with E-state index in [9.17, 15) is 0 Å². The largest absolute Gasteiger partial charge is 0.369 e. The highest BCUT2D eigenvalue weighted by molar-refractivity contribution is 5.59. The first-order valence-corrected chi connectivity index (χ1v) is 7.57. The molecule has 3 rings (SSSR count). The number of para-hydroxylation sites is 1. The van der Waals surface area contributed by atoms with Crippen molar-refractivity contribution >= 4 is 5.69 Å². The van der Waals surface area contributed by atoms with E-state index in [2.05, 4.69) is 34.9 Å². The summed E-state index contributed by atoms with van der Waals surface area (Å²) in [5, 5.41) is 0. The predicted molar refractivity (Wildman–Crippen MR) is 80.5 cm³/mol. The maximum atomic E-state index is 5.93. The Morgan fingerprint density at radius 3 is 2.89 bits per heavy atom. The van der Waals surface area contributed by atoms with Crippen molar-refractivity contribution in [3.05, 3.63) is 29.3 Å². The molecule has 2 aliphatic heterocycles. The van der Waals surface area contributed by atoms with E-state index in [1.54, 1.807) is 0 Å².